The zero-order chi connectivity index (χ0) is 22.9. The van der Waals surface area contributed by atoms with Gasteiger partial charge < -0.3 is 9.80 Å². The Morgan fingerprint density at radius 3 is 2.70 bits per heavy atom. The van der Waals surface area contributed by atoms with Gasteiger partial charge in [0.15, 0.2) is 0 Å². The van der Waals surface area contributed by atoms with Gasteiger partial charge >= 0.3 is 0 Å². The summed E-state index contributed by atoms with van der Waals surface area (Å²) in [5.41, 5.74) is 2.08. The number of benzene rings is 1. The van der Waals surface area contributed by atoms with Crippen LogP contribution in [0.3, 0.4) is 0 Å². The fraction of sp³-hybridized carbons (Fsp3) is 0.538. The predicted octanol–water partition coefficient (Wildman–Crippen LogP) is 4.08. The zero-order valence-electron chi connectivity index (χ0n) is 19.2. The summed E-state index contributed by atoms with van der Waals surface area (Å²) in [5, 5.41) is 2.09. The van der Waals surface area contributed by atoms with Crippen molar-refractivity contribution in [1.82, 2.24) is 14.7 Å². The maximum absolute atomic E-state index is 14.0. The first-order chi connectivity index (χ1) is 16.0. The molecule has 2 aromatic rings. The van der Waals surface area contributed by atoms with Gasteiger partial charge in [-0.2, -0.15) is 0 Å². The Morgan fingerprint density at radius 1 is 1.12 bits per heavy atom. The van der Waals surface area contributed by atoms with Gasteiger partial charge in [0, 0.05) is 43.0 Å². The highest BCUT2D eigenvalue weighted by molar-refractivity contribution is 7.10. The van der Waals surface area contributed by atoms with Crippen LogP contribution in [-0.2, 0) is 16.0 Å². The van der Waals surface area contributed by atoms with Gasteiger partial charge in [-0.25, -0.2) is 4.39 Å². The van der Waals surface area contributed by atoms with E-state index in [0.717, 1.165) is 44.2 Å². The molecule has 1 aromatic carbocycles. The van der Waals surface area contributed by atoms with E-state index in [9.17, 15) is 14.0 Å². The van der Waals surface area contributed by atoms with Gasteiger partial charge in [-0.1, -0.05) is 25.0 Å². The molecule has 2 amide bonds. The van der Waals surface area contributed by atoms with Crippen molar-refractivity contribution in [2.24, 2.45) is 5.92 Å². The minimum atomic E-state index is -0.252. The molecule has 2 atom stereocenters. The second-order valence-electron chi connectivity index (χ2n) is 9.68. The number of hydrogen-bond acceptors (Lipinski definition) is 4. The SMILES string of the molecule is C[C@H]1CN(C(=O)CN2CCc3sccc3[C@@H]2c2cccc(F)c2)CCN1C(=O)C1CCCC1. The van der Waals surface area contributed by atoms with Gasteiger partial charge in [0.1, 0.15) is 5.82 Å². The topological polar surface area (TPSA) is 43.9 Å². The molecule has 5 rings (SSSR count). The van der Waals surface area contributed by atoms with E-state index in [1.165, 1.54) is 16.5 Å². The summed E-state index contributed by atoms with van der Waals surface area (Å²) in [5.74, 6) is 0.294. The highest BCUT2D eigenvalue weighted by Gasteiger charge is 2.36. The van der Waals surface area contributed by atoms with Gasteiger partial charge in [-0.05, 0) is 60.9 Å². The minimum Gasteiger partial charge on any atom is -0.338 e. The molecule has 0 bridgehead atoms. The third-order valence-electron chi connectivity index (χ3n) is 7.54. The maximum atomic E-state index is 14.0. The molecule has 176 valence electrons. The van der Waals surface area contributed by atoms with E-state index in [-0.39, 0.29) is 35.6 Å². The van der Waals surface area contributed by atoms with Crippen LogP contribution in [0.15, 0.2) is 35.7 Å². The molecule has 2 fully saturated rings. The molecular weight excluding hydrogens is 437 g/mol. The van der Waals surface area contributed by atoms with Gasteiger partial charge in [-0.15, -0.1) is 11.3 Å². The largest absolute Gasteiger partial charge is 0.338 e. The number of hydrogen-bond donors (Lipinski definition) is 0. The van der Waals surface area contributed by atoms with Crippen molar-refractivity contribution >= 4 is 23.2 Å². The molecule has 1 aliphatic carbocycles. The summed E-state index contributed by atoms with van der Waals surface area (Å²) in [6.07, 6.45) is 5.22. The molecule has 33 heavy (non-hydrogen) atoms. The van der Waals surface area contributed by atoms with Gasteiger partial charge in [0.2, 0.25) is 11.8 Å². The van der Waals surface area contributed by atoms with Gasteiger partial charge in [0.05, 0.1) is 12.6 Å². The van der Waals surface area contributed by atoms with Gasteiger partial charge in [-0.3, -0.25) is 14.5 Å². The zero-order valence-corrected chi connectivity index (χ0v) is 20.0. The number of halogens is 1. The van der Waals surface area contributed by atoms with Gasteiger partial charge in [0.25, 0.3) is 0 Å². The average Bonchev–Trinajstić information content (AvgIpc) is 3.50. The van der Waals surface area contributed by atoms with Crippen molar-refractivity contribution in [3.05, 3.63) is 57.5 Å². The molecule has 3 heterocycles. The van der Waals surface area contributed by atoms with Crippen molar-refractivity contribution in [3.8, 4) is 0 Å². The molecule has 1 saturated carbocycles. The number of fused-ring (bicyclic) bond motifs is 1. The number of amides is 2. The molecule has 0 unspecified atom stereocenters. The summed E-state index contributed by atoms with van der Waals surface area (Å²) in [7, 11) is 0. The van der Waals surface area contributed by atoms with E-state index in [1.54, 1.807) is 23.5 Å². The van der Waals surface area contributed by atoms with E-state index in [2.05, 4.69) is 23.3 Å². The Labute approximate surface area is 199 Å². The van der Waals surface area contributed by atoms with Crippen LogP contribution in [0, 0.1) is 11.7 Å². The number of nitrogens with zero attached hydrogens (tertiary/aromatic N) is 3. The molecule has 2 aliphatic heterocycles. The Balaban J connectivity index is 1.27. The summed E-state index contributed by atoms with van der Waals surface area (Å²) in [6, 6.07) is 8.79. The number of thiophene rings is 1. The molecule has 0 radical (unpaired) electrons. The van der Waals surface area contributed by atoms with Crippen molar-refractivity contribution in [2.75, 3.05) is 32.7 Å². The first-order valence-corrected chi connectivity index (χ1v) is 13.0. The first-order valence-electron chi connectivity index (χ1n) is 12.2. The van der Waals surface area contributed by atoms with Crippen LogP contribution in [0.1, 0.15) is 54.7 Å². The molecule has 0 spiro atoms. The van der Waals surface area contributed by atoms with Crippen LogP contribution < -0.4 is 0 Å². The molecule has 1 aromatic heterocycles. The molecular formula is C26H32FN3O2S. The van der Waals surface area contributed by atoms with Crippen LogP contribution in [0.25, 0.3) is 0 Å². The fourth-order valence-corrected chi connectivity index (χ4v) is 6.70. The van der Waals surface area contributed by atoms with Crippen molar-refractivity contribution in [2.45, 2.75) is 51.1 Å². The molecule has 3 aliphatic rings. The van der Waals surface area contributed by atoms with Crippen molar-refractivity contribution in [1.29, 1.82) is 0 Å². The third-order valence-corrected chi connectivity index (χ3v) is 8.53. The second kappa shape index (κ2) is 9.55. The summed E-state index contributed by atoms with van der Waals surface area (Å²) in [4.78, 5) is 33.7. The smallest absolute Gasteiger partial charge is 0.236 e. The lowest BCUT2D eigenvalue weighted by Crippen LogP contribution is -2.58. The highest BCUT2D eigenvalue weighted by atomic mass is 32.1. The fourth-order valence-electron chi connectivity index (χ4n) is 5.80. The number of carbonyl (C=O) groups excluding carboxylic acids is 2. The Kier molecular flexibility index (Phi) is 6.52. The second-order valence-corrected chi connectivity index (χ2v) is 10.7. The lowest BCUT2D eigenvalue weighted by atomic mass is 9.93. The summed E-state index contributed by atoms with van der Waals surface area (Å²) < 4.78 is 14.0. The number of rotatable bonds is 4. The average molecular weight is 470 g/mol. The minimum absolute atomic E-state index is 0.0413. The normalized spacial score (nSPS) is 24.2. The van der Waals surface area contributed by atoms with Crippen LogP contribution in [0.4, 0.5) is 4.39 Å². The Hall–Kier alpha value is -2.25. The maximum Gasteiger partial charge on any atom is 0.236 e. The van der Waals surface area contributed by atoms with Crippen molar-refractivity contribution in [3.63, 3.8) is 0 Å². The predicted molar refractivity (Wildman–Crippen MR) is 128 cm³/mol. The molecule has 0 N–H and O–H groups in total. The molecule has 5 nitrogen and oxygen atoms in total. The van der Waals surface area contributed by atoms with Crippen LogP contribution in [0.2, 0.25) is 0 Å². The monoisotopic (exact) mass is 469 g/mol. The first kappa shape index (κ1) is 22.5. The number of carbonyl (C=O) groups is 2. The Bertz CT molecular complexity index is 1020. The lowest BCUT2D eigenvalue weighted by Gasteiger charge is -2.42. The highest BCUT2D eigenvalue weighted by Crippen LogP contribution is 2.38. The van der Waals surface area contributed by atoms with E-state index in [0.29, 0.717) is 26.2 Å². The number of piperazine rings is 1. The van der Waals surface area contributed by atoms with Crippen LogP contribution in [0.5, 0.6) is 0 Å². The van der Waals surface area contributed by atoms with E-state index < -0.39 is 0 Å². The molecule has 7 heteroatoms. The standard InChI is InChI=1S/C26H32FN3O2S/c1-18-16-28(12-13-30(18)26(32)19-5-2-3-6-19)24(31)17-29-11-9-23-22(10-14-33-23)25(29)20-7-4-8-21(27)15-20/h4,7-8,10,14-15,18-19,25H,2-3,5-6,9,11-13,16-17H2,1H3/t18-,25-/m0/s1. The quantitative estimate of drug-likeness (QED) is 0.678. The summed E-state index contributed by atoms with van der Waals surface area (Å²) in [6.45, 7) is 4.92. The third kappa shape index (κ3) is 4.58. The summed E-state index contributed by atoms with van der Waals surface area (Å²) >= 11 is 1.74. The van der Waals surface area contributed by atoms with Crippen LogP contribution in [-0.4, -0.2) is 65.3 Å². The Morgan fingerprint density at radius 2 is 1.94 bits per heavy atom. The van der Waals surface area contributed by atoms with E-state index in [1.807, 2.05) is 15.9 Å². The van der Waals surface area contributed by atoms with E-state index in [4.69, 9.17) is 0 Å². The van der Waals surface area contributed by atoms with Crippen molar-refractivity contribution < 1.29 is 14.0 Å². The van der Waals surface area contributed by atoms with E-state index >= 15 is 0 Å². The van der Waals surface area contributed by atoms with Crippen LogP contribution >= 0.6 is 11.3 Å². The lowest BCUT2D eigenvalue weighted by molar-refractivity contribution is -0.145. The molecule has 1 saturated heterocycles.